The molecule has 0 aliphatic rings. The fraction of sp³-hybridized carbons (Fsp3) is 0.188. The van der Waals surface area contributed by atoms with Gasteiger partial charge in [-0.2, -0.15) is 0 Å². The standard InChI is InChI=1S/C16H14FN5O3/c1-22-15(10-5-4-6-11(17)9-10)21-13-14(18)19-12(20-16(13)22)7-2-3-8-24-25-23/h4-6,9,23H,3,8H2,1H3,(H2,18,19,20). The summed E-state index contributed by atoms with van der Waals surface area (Å²) in [4.78, 5) is 17.2. The van der Waals surface area contributed by atoms with Gasteiger partial charge in [0.15, 0.2) is 17.0 Å². The first kappa shape index (κ1) is 16.8. The Bertz CT molecular complexity index is 977. The van der Waals surface area contributed by atoms with Gasteiger partial charge < -0.3 is 10.3 Å². The number of hydrogen-bond acceptors (Lipinski definition) is 7. The Morgan fingerprint density at radius 1 is 1.32 bits per heavy atom. The Morgan fingerprint density at radius 3 is 2.92 bits per heavy atom. The van der Waals surface area contributed by atoms with Crippen LogP contribution in [-0.2, 0) is 17.0 Å². The highest BCUT2D eigenvalue weighted by atomic mass is 19.1. The summed E-state index contributed by atoms with van der Waals surface area (Å²) >= 11 is 0. The summed E-state index contributed by atoms with van der Waals surface area (Å²) in [6.07, 6.45) is 0.307. The van der Waals surface area contributed by atoms with Gasteiger partial charge in [0.05, 0.1) is 6.61 Å². The van der Waals surface area contributed by atoms with E-state index in [1.165, 1.54) is 12.1 Å². The second-order valence-corrected chi connectivity index (χ2v) is 5.06. The quantitative estimate of drug-likeness (QED) is 0.322. The molecule has 25 heavy (non-hydrogen) atoms. The zero-order chi connectivity index (χ0) is 17.8. The first-order chi connectivity index (χ1) is 12.1. The minimum Gasteiger partial charge on any atom is -0.382 e. The van der Waals surface area contributed by atoms with Gasteiger partial charge in [-0.15, -0.1) is 0 Å². The van der Waals surface area contributed by atoms with E-state index in [0.29, 0.717) is 29.0 Å². The summed E-state index contributed by atoms with van der Waals surface area (Å²) in [6.45, 7) is 0.0939. The fourth-order valence-electron chi connectivity index (χ4n) is 2.30. The van der Waals surface area contributed by atoms with Crippen LogP contribution in [0.2, 0.25) is 0 Å². The van der Waals surface area contributed by atoms with E-state index in [1.54, 1.807) is 23.7 Å². The number of halogens is 1. The van der Waals surface area contributed by atoms with Crippen LogP contribution in [-0.4, -0.2) is 31.4 Å². The molecule has 3 N–H and O–H groups in total. The molecule has 0 aliphatic heterocycles. The maximum absolute atomic E-state index is 13.5. The smallest absolute Gasteiger partial charge is 0.208 e. The van der Waals surface area contributed by atoms with Crippen LogP contribution in [0.1, 0.15) is 12.2 Å². The number of fused-ring (bicyclic) bond motifs is 1. The number of nitrogen functional groups attached to an aromatic ring is 1. The highest BCUT2D eigenvalue weighted by molar-refractivity contribution is 5.85. The van der Waals surface area contributed by atoms with Gasteiger partial charge in [0.2, 0.25) is 5.82 Å². The lowest BCUT2D eigenvalue weighted by atomic mass is 10.2. The van der Waals surface area contributed by atoms with Gasteiger partial charge in [0, 0.05) is 19.0 Å². The second-order valence-electron chi connectivity index (χ2n) is 5.06. The molecule has 3 aromatic rings. The summed E-state index contributed by atoms with van der Waals surface area (Å²) in [5.74, 6) is 6.09. The van der Waals surface area contributed by atoms with Gasteiger partial charge in [0.25, 0.3) is 0 Å². The number of aryl methyl sites for hydroxylation is 1. The molecular weight excluding hydrogens is 329 g/mol. The van der Waals surface area contributed by atoms with Crippen molar-refractivity contribution in [1.29, 1.82) is 0 Å². The Morgan fingerprint density at radius 2 is 2.16 bits per heavy atom. The summed E-state index contributed by atoms with van der Waals surface area (Å²) < 4.78 is 15.2. The summed E-state index contributed by atoms with van der Waals surface area (Å²) in [7, 11) is 1.76. The number of aromatic nitrogens is 4. The van der Waals surface area contributed by atoms with Crippen LogP contribution < -0.4 is 5.73 Å². The lowest BCUT2D eigenvalue weighted by molar-refractivity contribution is -0.490. The average Bonchev–Trinajstić information content (AvgIpc) is 2.92. The van der Waals surface area contributed by atoms with Crippen molar-refractivity contribution in [2.45, 2.75) is 6.42 Å². The van der Waals surface area contributed by atoms with E-state index < -0.39 is 0 Å². The molecule has 9 heteroatoms. The van der Waals surface area contributed by atoms with E-state index in [0.717, 1.165) is 0 Å². The van der Waals surface area contributed by atoms with Crippen LogP contribution in [0.15, 0.2) is 24.3 Å². The minimum atomic E-state index is -0.357. The number of rotatable bonds is 4. The van der Waals surface area contributed by atoms with Crippen LogP contribution in [0.3, 0.4) is 0 Å². The van der Waals surface area contributed by atoms with Gasteiger partial charge in [0.1, 0.15) is 11.6 Å². The number of nitrogens with two attached hydrogens (primary N) is 1. The summed E-state index contributed by atoms with van der Waals surface area (Å²) in [5.41, 5.74) is 7.47. The van der Waals surface area contributed by atoms with Crippen LogP contribution >= 0.6 is 0 Å². The molecule has 0 radical (unpaired) electrons. The van der Waals surface area contributed by atoms with Crippen molar-refractivity contribution >= 4 is 17.0 Å². The van der Waals surface area contributed by atoms with Gasteiger partial charge in [-0.3, -0.25) is 0 Å². The third-order valence-corrected chi connectivity index (χ3v) is 3.39. The lowest BCUT2D eigenvalue weighted by Crippen LogP contribution is -2.00. The number of benzene rings is 1. The number of nitrogens with zero attached hydrogens (tertiary/aromatic N) is 4. The Kier molecular flexibility index (Phi) is 4.85. The topological polar surface area (TPSA) is 108 Å². The molecule has 0 atom stereocenters. The van der Waals surface area contributed by atoms with Crippen molar-refractivity contribution in [2.75, 3.05) is 12.3 Å². The zero-order valence-electron chi connectivity index (χ0n) is 13.2. The first-order valence-corrected chi connectivity index (χ1v) is 7.28. The zero-order valence-corrected chi connectivity index (χ0v) is 13.2. The molecule has 2 heterocycles. The molecule has 0 saturated heterocycles. The van der Waals surface area contributed by atoms with E-state index in [1.807, 2.05) is 0 Å². The third kappa shape index (κ3) is 3.56. The Hall–Kier alpha value is -3.06. The van der Waals surface area contributed by atoms with Crippen LogP contribution in [0.4, 0.5) is 10.2 Å². The molecule has 0 fully saturated rings. The molecule has 128 valence electrons. The molecule has 0 aliphatic carbocycles. The molecule has 0 saturated carbocycles. The van der Waals surface area contributed by atoms with E-state index in [4.69, 9.17) is 11.0 Å². The minimum absolute atomic E-state index is 0.0939. The van der Waals surface area contributed by atoms with Crippen molar-refractivity contribution in [1.82, 2.24) is 19.5 Å². The molecule has 0 bridgehead atoms. The predicted molar refractivity (Wildman–Crippen MR) is 87.3 cm³/mol. The fourth-order valence-corrected chi connectivity index (χ4v) is 2.30. The molecule has 0 unspecified atom stereocenters. The summed E-state index contributed by atoms with van der Waals surface area (Å²) in [5, 5.41) is 11.5. The lowest BCUT2D eigenvalue weighted by Gasteiger charge is -2.02. The van der Waals surface area contributed by atoms with Gasteiger partial charge in [-0.25, -0.2) is 29.5 Å². The van der Waals surface area contributed by atoms with Crippen molar-refractivity contribution in [3.63, 3.8) is 0 Å². The van der Waals surface area contributed by atoms with Crippen molar-refractivity contribution in [3.05, 3.63) is 35.9 Å². The van der Waals surface area contributed by atoms with E-state index >= 15 is 0 Å². The van der Waals surface area contributed by atoms with Crippen molar-refractivity contribution < 1.29 is 19.6 Å². The SMILES string of the molecule is Cn1c(-c2cccc(F)c2)nc2c(N)nc(C#CCCOOO)nc21. The molecule has 2 aromatic heterocycles. The van der Waals surface area contributed by atoms with Crippen LogP contribution in [0, 0.1) is 17.7 Å². The molecule has 8 nitrogen and oxygen atoms in total. The largest absolute Gasteiger partial charge is 0.382 e. The van der Waals surface area contributed by atoms with Crippen LogP contribution in [0.5, 0.6) is 0 Å². The predicted octanol–water partition coefficient (Wildman–Crippen LogP) is 1.91. The average molecular weight is 343 g/mol. The second kappa shape index (κ2) is 7.23. The van der Waals surface area contributed by atoms with E-state index in [9.17, 15) is 4.39 Å². The normalized spacial score (nSPS) is 10.7. The number of hydrogen-bond donors (Lipinski definition) is 2. The number of imidazole rings is 1. The van der Waals surface area contributed by atoms with Gasteiger partial charge in [-0.1, -0.05) is 23.1 Å². The van der Waals surface area contributed by atoms with Crippen molar-refractivity contribution in [2.24, 2.45) is 7.05 Å². The maximum atomic E-state index is 13.5. The highest BCUT2D eigenvalue weighted by Crippen LogP contribution is 2.25. The molecule has 0 spiro atoms. The van der Waals surface area contributed by atoms with Gasteiger partial charge >= 0.3 is 0 Å². The highest BCUT2D eigenvalue weighted by Gasteiger charge is 2.15. The summed E-state index contributed by atoms with van der Waals surface area (Å²) in [6, 6.07) is 6.10. The molecule has 1 aromatic carbocycles. The Labute approximate surface area is 141 Å². The van der Waals surface area contributed by atoms with Crippen LogP contribution in [0.25, 0.3) is 22.6 Å². The maximum Gasteiger partial charge on any atom is 0.208 e. The Balaban J connectivity index is 1.99. The van der Waals surface area contributed by atoms with Crippen molar-refractivity contribution in [3.8, 4) is 23.2 Å². The molecule has 0 amide bonds. The van der Waals surface area contributed by atoms with E-state index in [-0.39, 0.29) is 24.1 Å². The van der Waals surface area contributed by atoms with E-state index in [2.05, 4.69) is 36.7 Å². The van der Waals surface area contributed by atoms with Gasteiger partial charge in [-0.05, 0) is 18.1 Å². The molecular formula is C16H14FN5O3. The molecule has 3 rings (SSSR count). The first-order valence-electron chi connectivity index (χ1n) is 7.28. The number of anilines is 1. The third-order valence-electron chi connectivity index (χ3n) is 3.39. The monoisotopic (exact) mass is 343 g/mol.